The molecule has 0 amide bonds. The molecule has 0 aliphatic heterocycles. The van der Waals surface area contributed by atoms with Gasteiger partial charge in [-0.25, -0.2) is 10.2 Å². The van der Waals surface area contributed by atoms with Crippen molar-refractivity contribution in [3.63, 3.8) is 0 Å². The molecule has 0 bridgehead atoms. The fourth-order valence-electron chi connectivity index (χ4n) is 1.45. The summed E-state index contributed by atoms with van der Waals surface area (Å²) in [6.07, 6.45) is 0.823. The second-order valence-electron chi connectivity index (χ2n) is 4.01. The first kappa shape index (κ1) is 15.4. The van der Waals surface area contributed by atoms with Crippen molar-refractivity contribution < 1.29 is 9.13 Å². The van der Waals surface area contributed by atoms with Crippen molar-refractivity contribution in [1.29, 1.82) is 0 Å². The maximum Gasteiger partial charge on any atom is 0.323 e. The monoisotopic (exact) mass is 356 g/mol. The molecule has 0 atom stereocenters. The molecular weight excluding hydrogens is 343 g/mol. The summed E-state index contributed by atoms with van der Waals surface area (Å²) >= 11 is 3.26. The van der Waals surface area contributed by atoms with E-state index in [0.29, 0.717) is 16.8 Å². The molecule has 9 heteroatoms. The average molecular weight is 357 g/mol. The van der Waals surface area contributed by atoms with Gasteiger partial charge in [0, 0.05) is 4.47 Å². The van der Waals surface area contributed by atoms with Crippen LogP contribution in [0.3, 0.4) is 0 Å². The number of benzene rings is 1. The lowest BCUT2D eigenvalue weighted by Gasteiger charge is -2.10. The van der Waals surface area contributed by atoms with Crippen LogP contribution >= 0.6 is 15.9 Å². The van der Waals surface area contributed by atoms with Crippen molar-refractivity contribution in [3.8, 4) is 6.01 Å². The van der Waals surface area contributed by atoms with Gasteiger partial charge in [0.1, 0.15) is 5.82 Å². The van der Waals surface area contributed by atoms with E-state index in [1.807, 2.05) is 6.92 Å². The average Bonchev–Trinajstić information content (AvgIpc) is 2.48. The van der Waals surface area contributed by atoms with Gasteiger partial charge >= 0.3 is 6.01 Å². The predicted octanol–water partition coefficient (Wildman–Crippen LogP) is 2.59. The van der Waals surface area contributed by atoms with Gasteiger partial charge in [0.25, 0.3) is 0 Å². The maximum absolute atomic E-state index is 13.1. The van der Waals surface area contributed by atoms with E-state index in [1.165, 1.54) is 12.1 Å². The molecule has 2 rings (SSSR count). The fourth-order valence-corrected chi connectivity index (χ4v) is 1.90. The molecule has 0 aliphatic rings. The third kappa shape index (κ3) is 4.23. The Bertz CT molecular complexity index is 627. The van der Waals surface area contributed by atoms with Crippen molar-refractivity contribution >= 4 is 33.5 Å². The van der Waals surface area contributed by atoms with Gasteiger partial charge in [0.15, 0.2) is 0 Å². The van der Waals surface area contributed by atoms with Gasteiger partial charge in [-0.15, -0.1) is 0 Å². The highest BCUT2D eigenvalue weighted by molar-refractivity contribution is 9.10. The molecule has 112 valence electrons. The first-order valence-electron chi connectivity index (χ1n) is 6.20. The first-order chi connectivity index (χ1) is 10.1. The summed E-state index contributed by atoms with van der Waals surface area (Å²) in [5.41, 5.74) is 2.94. The zero-order chi connectivity index (χ0) is 15.2. The molecule has 0 saturated carbocycles. The van der Waals surface area contributed by atoms with E-state index in [2.05, 4.69) is 41.6 Å². The largest absolute Gasteiger partial charge is 0.463 e. The molecule has 0 aliphatic carbocycles. The van der Waals surface area contributed by atoms with E-state index in [4.69, 9.17) is 10.6 Å². The Morgan fingerprint density at radius 3 is 2.71 bits per heavy atom. The van der Waals surface area contributed by atoms with Crippen LogP contribution in [0.2, 0.25) is 0 Å². The van der Waals surface area contributed by atoms with Crippen LogP contribution in [0.15, 0.2) is 22.7 Å². The normalized spacial score (nSPS) is 10.3. The molecule has 0 fully saturated rings. The summed E-state index contributed by atoms with van der Waals surface area (Å²) < 4.78 is 19.0. The van der Waals surface area contributed by atoms with Crippen LogP contribution in [0.25, 0.3) is 0 Å². The molecule has 1 aromatic heterocycles. The van der Waals surface area contributed by atoms with E-state index in [1.54, 1.807) is 6.07 Å². The smallest absolute Gasteiger partial charge is 0.323 e. The van der Waals surface area contributed by atoms with Gasteiger partial charge in [0.2, 0.25) is 11.9 Å². The third-order valence-electron chi connectivity index (χ3n) is 2.36. The second kappa shape index (κ2) is 7.14. The summed E-state index contributed by atoms with van der Waals surface area (Å²) in [5, 5.41) is 2.94. The number of rotatable bonds is 6. The van der Waals surface area contributed by atoms with Crippen LogP contribution in [0.4, 0.5) is 22.0 Å². The van der Waals surface area contributed by atoms with Crippen LogP contribution < -0.4 is 21.3 Å². The Kier molecular flexibility index (Phi) is 5.23. The molecular formula is C12H14BrFN6O. The maximum atomic E-state index is 13.1. The van der Waals surface area contributed by atoms with Gasteiger partial charge in [-0.05, 0) is 40.5 Å². The number of anilines is 3. The number of aromatic nitrogens is 3. The van der Waals surface area contributed by atoms with Crippen LogP contribution in [-0.4, -0.2) is 21.6 Å². The predicted molar refractivity (Wildman–Crippen MR) is 80.8 cm³/mol. The molecule has 4 N–H and O–H groups in total. The van der Waals surface area contributed by atoms with Gasteiger partial charge in [-0.1, -0.05) is 6.92 Å². The lowest BCUT2D eigenvalue weighted by molar-refractivity contribution is 0.292. The highest BCUT2D eigenvalue weighted by Crippen LogP contribution is 2.26. The number of nitrogens with two attached hydrogens (primary N) is 1. The van der Waals surface area contributed by atoms with Crippen LogP contribution in [-0.2, 0) is 0 Å². The Balaban J connectivity index is 2.25. The molecule has 7 nitrogen and oxygen atoms in total. The van der Waals surface area contributed by atoms with E-state index < -0.39 is 0 Å². The van der Waals surface area contributed by atoms with Crippen molar-refractivity contribution in [2.75, 3.05) is 17.3 Å². The molecule has 1 aromatic carbocycles. The summed E-state index contributed by atoms with van der Waals surface area (Å²) in [5.74, 6) is 5.36. The molecule has 0 unspecified atom stereocenters. The van der Waals surface area contributed by atoms with Crippen molar-refractivity contribution in [2.45, 2.75) is 13.3 Å². The molecule has 1 heterocycles. The minimum atomic E-state index is -0.348. The highest BCUT2D eigenvalue weighted by atomic mass is 79.9. The van der Waals surface area contributed by atoms with Crippen LogP contribution in [0.5, 0.6) is 6.01 Å². The lowest BCUT2D eigenvalue weighted by Crippen LogP contribution is -2.14. The number of hydrogen-bond acceptors (Lipinski definition) is 7. The standard InChI is InChI=1S/C12H14BrFN6O/c1-2-5-21-12-18-10(17-11(19-12)20-15)16-9-4-3-7(14)6-8(9)13/h3-4,6H,2,5,15H2,1H3,(H2,16,17,18,19,20). The van der Waals surface area contributed by atoms with Crippen molar-refractivity contribution in [1.82, 2.24) is 15.0 Å². The number of nitrogens with zero attached hydrogens (tertiary/aromatic N) is 3. The van der Waals surface area contributed by atoms with E-state index in [-0.39, 0.29) is 23.7 Å². The van der Waals surface area contributed by atoms with Crippen molar-refractivity contribution in [2.24, 2.45) is 5.84 Å². The number of hydrazine groups is 1. The molecule has 0 radical (unpaired) electrons. The fraction of sp³-hybridized carbons (Fsp3) is 0.250. The van der Waals surface area contributed by atoms with Crippen LogP contribution in [0.1, 0.15) is 13.3 Å². The Hall–Kier alpha value is -2.00. The zero-order valence-corrected chi connectivity index (χ0v) is 12.8. The Morgan fingerprint density at radius 1 is 1.29 bits per heavy atom. The zero-order valence-electron chi connectivity index (χ0n) is 11.2. The van der Waals surface area contributed by atoms with Crippen LogP contribution in [0, 0.1) is 5.82 Å². The van der Waals surface area contributed by atoms with Crippen molar-refractivity contribution in [3.05, 3.63) is 28.5 Å². The van der Waals surface area contributed by atoms with E-state index in [9.17, 15) is 4.39 Å². The molecule has 2 aromatic rings. The quantitative estimate of drug-likeness (QED) is 0.540. The molecule has 0 saturated heterocycles. The minimum absolute atomic E-state index is 0.153. The van der Waals surface area contributed by atoms with Gasteiger partial charge in [-0.3, -0.25) is 5.43 Å². The van der Waals surface area contributed by atoms with E-state index >= 15 is 0 Å². The number of hydrogen-bond donors (Lipinski definition) is 3. The van der Waals surface area contributed by atoms with Gasteiger partial charge in [0.05, 0.1) is 12.3 Å². The van der Waals surface area contributed by atoms with E-state index in [0.717, 1.165) is 6.42 Å². The summed E-state index contributed by atoms with van der Waals surface area (Å²) in [7, 11) is 0. The summed E-state index contributed by atoms with van der Waals surface area (Å²) in [6, 6.07) is 4.37. The number of nitrogens with one attached hydrogen (secondary N) is 2. The first-order valence-corrected chi connectivity index (χ1v) is 6.99. The molecule has 0 spiro atoms. The van der Waals surface area contributed by atoms with Gasteiger partial charge < -0.3 is 10.1 Å². The second-order valence-corrected chi connectivity index (χ2v) is 4.86. The minimum Gasteiger partial charge on any atom is -0.463 e. The highest BCUT2D eigenvalue weighted by Gasteiger charge is 2.09. The SMILES string of the molecule is CCCOc1nc(NN)nc(Nc2ccc(F)cc2Br)n1. The molecule has 21 heavy (non-hydrogen) atoms. The number of nitrogen functional groups attached to an aromatic ring is 1. The Labute approximate surface area is 129 Å². The Morgan fingerprint density at radius 2 is 2.05 bits per heavy atom. The number of ether oxygens (including phenoxy) is 1. The third-order valence-corrected chi connectivity index (χ3v) is 3.01. The van der Waals surface area contributed by atoms with Gasteiger partial charge in [-0.2, -0.15) is 15.0 Å². The topological polar surface area (TPSA) is 98.0 Å². The summed E-state index contributed by atoms with van der Waals surface area (Å²) in [6.45, 7) is 2.45. The number of halogens is 2. The lowest BCUT2D eigenvalue weighted by atomic mass is 10.3. The summed E-state index contributed by atoms with van der Waals surface area (Å²) in [4.78, 5) is 12.1.